The zero-order valence-electron chi connectivity index (χ0n) is 17.5. The van der Waals surface area contributed by atoms with Gasteiger partial charge in [0.05, 0.1) is 10.6 Å². The molecule has 5 nitrogen and oxygen atoms in total. The predicted molar refractivity (Wildman–Crippen MR) is 121 cm³/mol. The summed E-state index contributed by atoms with van der Waals surface area (Å²) < 4.78 is 26.2. The lowest BCUT2D eigenvalue weighted by Crippen LogP contribution is -2.35. The minimum atomic E-state index is -3.19. The van der Waals surface area contributed by atoms with E-state index in [0.717, 1.165) is 5.30 Å². The number of para-hydroxylation sites is 1. The highest BCUT2D eigenvalue weighted by Crippen LogP contribution is 2.51. The van der Waals surface area contributed by atoms with Crippen LogP contribution in [-0.2, 0) is 9.30 Å². The summed E-state index contributed by atoms with van der Waals surface area (Å²) in [5.74, 6) is 1.12. The summed E-state index contributed by atoms with van der Waals surface area (Å²) in [5, 5.41) is 1.94. The fourth-order valence-electron chi connectivity index (χ4n) is 3.45. The van der Waals surface area contributed by atoms with Gasteiger partial charge in [0.25, 0.3) is 0 Å². The Morgan fingerprint density at radius 2 is 1.53 bits per heavy atom. The van der Waals surface area contributed by atoms with Crippen LogP contribution in [0, 0.1) is 0 Å². The molecule has 0 fully saturated rings. The van der Waals surface area contributed by atoms with E-state index < -0.39 is 18.8 Å². The number of fused-ring (bicyclic) bond motifs is 2. The maximum Gasteiger partial charge on any atom is 0.414 e. The third-order valence-electron chi connectivity index (χ3n) is 4.88. The number of hydrogen-bond acceptors (Lipinski definition) is 4. The van der Waals surface area contributed by atoms with Crippen molar-refractivity contribution >= 4 is 34.8 Å². The van der Waals surface area contributed by atoms with Crippen LogP contribution in [-0.4, -0.2) is 18.7 Å². The highest BCUT2D eigenvalue weighted by atomic mass is 31.2. The number of amides is 1. The van der Waals surface area contributed by atoms with E-state index in [4.69, 9.17) is 9.47 Å². The summed E-state index contributed by atoms with van der Waals surface area (Å²) in [4.78, 5) is 14.0. The van der Waals surface area contributed by atoms with Crippen molar-refractivity contribution in [3.05, 3.63) is 72.8 Å². The summed E-state index contributed by atoms with van der Waals surface area (Å²) in [6.07, 6.45) is -0.478. The molecule has 0 saturated carbocycles. The Balaban J connectivity index is 1.86. The largest absolute Gasteiger partial charge is 0.456 e. The Hall–Kier alpha value is -3.04. The number of carbonyl (C=O) groups is 1. The fraction of sp³-hybridized carbons (Fsp3) is 0.208. The van der Waals surface area contributed by atoms with Gasteiger partial charge in [-0.25, -0.2) is 4.79 Å². The molecule has 154 valence electrons. The summed E-state index contributed by atoms with van der Waals surface area (Å²) in [7, 11) is -1.55. The minimum Gasteiger partial charge on any atom is -0.456 e. The first-order chi connectivity index (χ1) is 14.2. The molecule has 0 N–H and O–H groups in total. The number of ether oxygens (including phenoxy) is 2. The molecule has 1 aliphatic rings. The van der Waals surface area contributed by atoms with Crippen LogP contribution in [0.15, 0.2) is 72.8 Å². The molecule has 3 aromatic carbocycles. The van der Waals surface area contributed by atoms with E-state index >= 15 is 0 Å². The van der Waals surface area contributed by atoms with E-state index in [1.165, 1.54) is 4.90 Å². The molecule has 1 atom stereocenters. The van der Waals surface area contributed by atoms with Crippen molar-refractivity contribution in [2.24, 2.45) is 0 Å². The molecule has 0 aromatic heterocycles. The van der Waals surface area contributed by atoms with Gasteiger partial charge in [-0.1, -0.05) is 42.5 Å². The third-order valence-corrected chi connectivity index (χ3v) is 7.98. The summed E-state index contributed by atoms with van der Waals surface area (Å²) in [5.41, 5.74) is -0.0249. The van der Waals surface area contributed by atoms with Crippen molar-refractivity contribution in [3.8, 4) is 11.5 Å². The Labute approximate surface area is 176 Å². The lowest BCUT2D eigenvalue weighted by atomic mass is 10.2. The van der Waals surface area contributed by atoms with Crippen LogP contribution < -0.4 is 25.6 Å². The maximum absolute atomic E-state index is 14.6. The number of anilines is 1. The van der Waals surface area contributed by atoms with E-state index in [9.17, 15) is 9.36 Å². The van der Waals surface area contributed by atoms with Gasteiger partial charge < -0.3 is 14.0 Å². The van der Waals surface area contributed by atoms with Crippen molar-refractivity contribution in [2.75, 3.05) is 11.9 Å². The quantitative estimate of drug-likeness (QED) is 0.436. The molecule has 1 amide bonds. The lowest BCUT2D eigenvalue weighted by molar-refractivity contribution is 0.0589. The van der Waals surface area contributed by atoms with Gasteiger partial charge in [0.2, 0.25) is 0 Å². The number of hydrogen-bond donors (Lipinski definition) is 0. The molecule has 0 saturated heterocycles. The first-order valence-corrected chi connectivity index (χ1v) is 11.5. The Kier molecular flexibility index (Phi) is 4.95. The predicted octanol–water partition coefficient (Wildman–Crippen LogP) is 4.80. The van der Waals surface area contributed by atoms with Crippen LogP contribution in [0.4, 0.5) is 10.5 Å². The monoisotopic (exact) mass is 421 g/mol. The van der Waals surface area contributed by atoms with E-state index in [1.807, 2.05) is 75.4 Å². The van der Waals surface area contributed by atoms with Gasteiger partial charge in [0.15, 0.2) is 7.14 Å². The highest BCUT2D eigenvalue weighted by molar-refractivity contribution is 7.85. The van der Waals surface area contributed by atoms with E-state index in [2.05, 4.69) is 0 Å². The number of benzene rings is 3. The smallest absolute Gasteiger partial charge is 0.414 e. The molecule has 30 heavy (non-hydrogen) atoms. The molecule has 6 heteroatoms. The Morgan fingerprint density at radius 1 is 0.900 bits per heavy atom. The van der Waals surface area contributed by atoms with Crippen LogP contribution in [0.2, 0.25) is 0 Å². The van der Waals surface area contributed by atoms with Crippen LogP contribution in [0.3, 0.4) is 0 Å². The van der Waals surface area contributed by atoms with Gasteiger partial charge in [0, 0.05) is 18.0 Å². The molecule has 0 radical (unpaired) electrons. The van der Waals surface area contributed by atoms with Crippen molar-refractivity contribution in [3.63, 3.8) is 0 Å². The first-order valence-electron chi connectivity index (χ1n) is 9.74. The highest BCUT2D eigenvalue weighted by Gasteiger charge is 2.39. The maximum atomic E-state index is 14.6. The molecule has 0 spiro atoms. The number of carbonyl (C=O) groups excluding carboxylic acids is 1. The van der Waals surface area contributed by atoms with Crippen LogP contribution >= 0.6 is 7.14 Å². The van der Waals surface area contributed by atoms with Gasteiger partial charge in [-0.2, -0.15) is 0 Å². The average molecular weight is 421 g/mol. The molecular formula is C24H24NO4P. The van der Waals surface area contributed by atoms with Gasteiger partial charge in [-0.3, -0.25) is 4.90 Å². The van der Waals surface area contributed by atoms with E-state index in [-0.39, 0.29) is 0 Å². The second-order valence-electron chi connectivity index (χ2n) is 8.21. The minimum absolute atomic E-state index is 0.478. The molecule has 1 aliphatic heterocycles. The van der Waals surface area contributed by atoms with Gasteiger partial charge >= 0.3 is 6.09 Å². The normalized spacial score (nSPS) is 17.3. The third kappa shape index (κ3) is 3.50. The van der Waals surface area contributed by atoms with Gasteiger partial charge in [-0.15, -0.1) is 0 Å². The molecule has 4 rings (SSSR count). The summed E-state index contributed by atoms with van der Waals surface area (Å²) in [6.45, 7) is 5.46. The van der Waals surface area contributed by atoms with Crippen molar-refractivity contribution < 1.29 is 18.8 Å². The van der Waals surface area contributed by atoms with Crippen molar-refractivity contribution in [1.82, 2.24) is 0 Å². The standard InChI is InChI=1S/C24H24NO4P/c1-24(2,3)29-23(26)25(4)17-14-15-20-22(16-17)30(27,18-10-6-5-7-11-18)21-13-9-8-12-19(21)28-20/h5-16H,1-4H3. The molecule has 1 heterocycles. The Morgan fingerprint density at radius 3 is 2.23 bits per heavy atom. The first kappa shape index (κ1) is 20.2. The van der Waals surface area contributed by atoms with Crippen molar-refractivity contribution in [2.45, 2.75) is 26.4 Å². The summed E-state index contributed by atoms with van der Waals surface area (Å²) >= 11 is 0. The molecule has 3 aromatic rings. The van der Waals surface area contributed by atoms with Gasteiger partial charge in [-0.05, 0) is 51.1 Å². The average Bonchev–Trinajstić information content (AvgIpc) is 2.72. The molecule has 0 bridgehead atoms. The Bertz CT molecular complexity index is 1150. The molecule has 1 unspecified atom stereocenters. The van der Waals surface area contributed by atoms with E-state index in [0.29, 0.717) is 27.8 Å². The van der Waals surface area contributed by atoms with E-state index in [1.54, 1.807) is 25.2 Å². The van der Waals surface area contributed by atoms with Crippen LogP contribution in [0.1, 0.15) is 20.8 Å². The van der Waals surface area contributed by atoms with Gasteiger partial charge in [0.1, 0.15) is 17.1 Å². The summed E-state index contributed by atoms with van der Waals surface area (Å²) in [6, 6.07) is 22.1. The zero-order chi connectivity index (χ0) is 21.5. The van der Waals surface area contributed by atoms with Crippen LogP contribution in [0.5, 0.6) is 11.5 Å². The SMILES string of the molecule is CN(C(=O)OC(C)(C)C)c1ccc2c(c1)P(=O)(c1ccccc1)c1ccccc1O2. The second kappa shape index (κ2) is 7.33. The molecular weight excluding hydrogens is 397 g/mol. The van der Waals surface area contributed by atoms with Crippen molar-refractivity contribution in [1.29, 1.82) is 0 Å². The van der Waals surface area contributed by atoms with Crippen LogP contribution in [0.25, 0.3) is 0 Å². The second-order valence-corrected chi connectivity index (χ2v) is 10.9. The number of rotatable bonds is 2. The zero-order valence-corrected chi connectivity index (χ0v) is 18.4. The lowest BCUT2D eigenvalue weighted by Gasteiger charge is -2.30. The fourth-order valence-corrected chi connectivity index (χ4v) is 6.33. The number of nitrogens with zero attached hydrogens (tertiary/aromatic N) is 1. The molecule has 0 aliphatic carbocycles. The topological polar surface area (TPSA) is 55.8 Å².